The Morgan fingerprint density at radius 2 is 1.80 bits per heavy atom. The molecule has 0 bridgehead atoms. The molecule has 0 spiro atoms. The van der Waals surface area contributed by atoms with E-state index in [1.165, 1.54) is 5.56 Å². The van der Waals surface area contributed by atoms with Crippen molar-refractivity contribution in [3.8, 4) is 0 Å². The zero-order chi connectivity index (χ0) is 17.6. The summed E-state index contributed by atoms with van der Waals surface area (Å²) in [5, 5.41) is 8.37. The minimum atomic E-state index is 0.616. The number of anilines is 1. The molecule has 1 aliphatic heterocycles. The van der Waals surface area contributed by atoms with Gasteiger partial charge in [0.15, 0.2) is 0 Å². The summed E-state index contributed by atoms with van der Waals surface area (Å²) in [5.41, 5.74) is 1.39. The molecule has 0 amide bonds. The summed E-state index contributed by atoms with van der Waals surface area (Å²) in [6.07, 6.45) is 2.26. The Kier molecular flexibility index (Phi) is 6.04. The average molecular weight is 343 g/mol. The van der Waals surface area contributed by atoms with E-state index in [0.717, 1.165) is 39.0 Å². The van der Waals surface area contributed by atoms with Crippen molar-refractivity contribution in [2.24, 2.45) is 0 Å². The van der Waals surface area contributed by atoms with Crippen molar-refractivity contribution in [2.75, 3.05) is 38.6 Å². The molecular weight excluding hydrogens is 314 g/mol. The lowest BCUT2D eigenvalue weighted by atomic mass is 10.0. The molecular formula is C19H29N5O. The number of nitrogens with zero attached hydrogens (tertiary/aromatic N) is 5. The van der Waals surface area contributed by atoms with E-state index in [0.29, 0.717) is 24.5 Å². The first kappa shape index (κ1) is 17.9. The zero-order valence-corrected chi connectivity index (χ0v) is 15.6. The number of hydrogen-bond acceptors (Lipinski definition) is 6. The van der Waals surface area contributed by atoms with Crippen molar-refractivity contribution < 1.29 is 4.42 Å². The minimum absolute atomic E-state index is 0.616. The standard InChI is InChI=1S/C19H29N5O/c1-4-23(14-16-8-6-5-7-9-16)17-10-12-24(13-11-17)19-21-20-18(25-19)15-22(2)3/h5-9,17H,4,10-15H2,1-3H3. The third kappa shape index (κ3) is 4.80. The molecule has 2 aromatic rings. The number of rotatable bonds is 7. The van der Waals surface area contributed by atoms with E-state index in [1.807, 2.05) is 19.0 Å². The van der Waals surface area contributed by atoms with Crippen molar-refractivity contribution in [3.63, 3.8) is 0 Å². The van der Waals surface area contributed by atoms with Crippen LogP contribution in [-0.2, 0) is 13.1 Å². The lowest BCUT2D eigenvalue weighted by Gasteiger charge is -2.37. The van der Waals surface area contributed by atoms with Gasteiger partial charge in [0.1, 0.15) is 0 Å². The minimum Gasteiger partial charge on any atom is -0.407 e. The summed E-state index contributed by atoms with van der Waals surface area (Å²) in [5.74, 6) is 0.682. The second kappa shape index (κ2) is 8.45. The quantitative estimate of drug-likeness (QED) is 0.770. The number of aromatic nitrogens is 2. The number of hydrogen-bond donors (Lipinski definition) is 0. The van der Waals surface area contributed by atoms with Crippen molar-refractivity contribution >= 4 is 6.01 Å². The highest BCUT2D eigenvalue weighted by Crippen LogP contribution is 2.23. The second-order valence-electron chi connectivity index (χ2n) is 6.98. The summed E-state index contributed by atoms with van der Waals surface area (Å²) in [7, 11) is 4.00. The summed E-state index contributed by atoms with van der Waals surface area (Å²) in [6, 6.07) is 12.0. The summed E-state index contributed by atoms with van der Waals surface area (Å²) in [6.45, 7) is 6.98. The lowest BCUT2D eigenvalue weighted by molar-refractivity contribution is 0.167. The third-order valence-electron chi connectivity index (χ3n) is 4.79. The molecule has 3 rings (SSSR count). The zero-order valence-electron chi connectivity index (χ0n) is 15.6. The summed E-state index contributed by atoms with van der Waals surface area (Å²) < 4.78 is 5.80. The average Bonchev–Trinajstić information content (AvgIpc) is 3.08. The molecule has 6 heteroatoms. The Labute approximate surface area is 150 Å². The Bertz CT molecular complexity index is 634. The van der Waals surface area contributed by atoms with E-state index in [4.69, 9.17) is 4.42 Å². The van der Waals surface area contributed by atoms with Gasteiger partial charge in [-0.3, -0.25) is 4.90 Å². The van der Waals surface area contributed by atoms with Gasteiger partial charge in [0, 0.05) is 25.7 Å². The van der Waals surface area contributed by atoms with Crippen LogP contribution in [0.5, 0.6) is 0 Å². The Hall–Kier alpha value is -1.92. The van der Waals surface area contributed by atoms with Crippen LogP contribution in [0.2, 0.25) is 0 Å². The Morgan fingerprint density at radius 3 is 2.44 bits per heavy atom. The molecule has 1 fully saturated rings. The third-order valence-corrected chi connectivity index (χ3v) is 4.79. The first-order valence-electron chi connectivity index (χ1n) is 9.15. The van der Waals surface area contributed by atoms with Crippen LogP contribution in [0.25, 0.3) is 0 Å². The van der Waals surface area contributed by atoms with Crippen molar-refractivity contribution in [1.29, 1.82) is 0 Å². The molecule has 0 unspecified atom stereocenters. The fraction of sp³-hybridized carbons (Fsp3) is 0.579. The van der Waals surface area contributed by atoms with Gasteiger partial charge >= 0.3 is 6.01 Å². The first-order chi connectivity index (χ1) is 12.2. The highest BCUT2D eigenvalue weighted by Gasteiger charge is 2.26. The van der Waals surface area contributed by atoms with Gasteiger partial charge in [0.05, 0.1) is 6.54 Å². The van der Waals surface area contributed by atoms with E-state index in [1.54, 1.807) is 0 Å². The maximum absolute atomic E-state index is 5.80. The molecule has 2 heterocycles. The molecule has 25 heavy (non-hydrogen) atoms. The van der Waals surface area contributed by atoms with Crippen LogP contribution in [0.3, 0.4) is 0 Å². The number of benzene rings is 1. The molecule has 0 aliphatic carbocycles. The van der Waals surface area contributed by atoms with Crippen LogP contribution in [-0.4, -0.2) is 59.8 Å². The molecule has 1 aromatic carbocycles. The van der Waals surface area contributed by atoms with Gasteiger partial charge in [0.25, 0.3) is 0 Å². The van der Waals surface area contributed by atoms with Crippen molar-refractivity contribution in [3.05, 3.63) is 41.8 Å². The molecule has 0 radical (unpaired) electrons. The topological polar surface area (TPSA) is 48.6 Å². The predicted octanol–water partition coefficient (Wildman–Crippen LogP) is 2.62. The molecule has 0 saturated carbocycles. The van der Waals surface area contributed by atoms with E-state index < -0.39 is 0 Å². The highest BCUT2D eigenvalue weighted by atomic mass is 16.4. The van der Waals surface area contributed by atoms with E-state index in [2.05, 4.69) is 57.3 Å². The maximum atomic E-state index is 5.80. The molecule has 0 atom stereocenters. The fourth-order valence-electron chi connectivity index (χ4n) is 3.45. The molecule has 136 valence electrons. The van der Waals surface area contributed by atoms with Crippen LogP contribution >= 0.6 is 0 Å². The van der Waals surface area contributed by atoms with Gasteiger partial charge in [-0.15, -0.1) is 5.10 Å². The van der Waals surface area contributed by atoms with Gasteiger partial charge in [-0.05, 0) is 39.0 Å². The Balaban J connectivity index is 1.54. The van der Waals surface area contributed by atoms with E-state index in [9.17, 15) is 0 Å². The normalized spacial score (nSPS) is 16.1. The molecule has 0 N–H and O–H groups in total. The Morgan fingerprint density at radius 1 is 1.08 bits per heavy atom. The lowest BCUT2D eigenvalue weighted by Crippen LogP contribution is -2.44. The van der Waals surface area contributed by atoms with Gasteiger partial charge in [-0.25, -0.2) is 0 Å². The summed E-state index contributed by atoms with van der Waals surface area (Å²) >= 11 is 0. The van der Waals surface area contributed by atoms with Crippen molar-refractivity contribution in [1.82, 2.24) is 20.0 Å². The van der Waals surface area contributed by atoms with Crippen LogP contribution in [0.4, 0.5) is 6.01 Å². The molecule has 1 aromatic heterocycles. The molecule has 6 nitrogen and oxygen atoms in total. The van der Waals surface area contributed by atoms with Gasteiger partial charge < -0.3 is 14.2 Å². The van der Waals surface area contributed by atoms with Crippen LogP contribution < -0.4 is 4.90 Å². The number of piperidine rings is 1. The first-order valence-corrected chi connectivity index (χ1v) is 9.15. The van der Waals surface area contributed by atoms with Crippen LogP contribution in [0, 0.1) is 0 Å². The molecule has 1 aliphatic rings. The van der Waals surface area contributed by atoms with Gasteiger partial charge in [-0.1, -0.05) is 42.4 Å². The van der Waals surface area contributed by atoms with Crippen LogP contribution in [0.15, 0.2) is 34.7 Å². The monoisotopic (exact) mass is 343 g/mol. The van der Waals surface area contributed by atoms with E-state index >= 15 is 0 Å². The second-order valence-corrected chi connectivity index (χ2v) is 6.98. The highest BCUT2D eigenvalue weighted by molar-refractivity contribution is 5.25. The van der Waals surface area contributed by atoms with Gasteiger partial charge in [0.2, 0.25) is 5.89 Å². The SMILES string of the molecule is CCN(Cc1ccccc1)C1CCN(c2nnc(CN(C)C)o2)CC1. The van der Waals surface area contributed by atoms with Crippen molar-refractivity contribution in [2.45, 2.75) is 38.9 Å². The van der Waals surface area contributed by atoms with E-state index in [-0.39, 0.29) is 0 Å². The van der Waals surface area contributed by atoms with Gasteiger partial charge in [-0.2, -0.15) is 0 Å². The summed E-state index contributed by atoms with van der Waals surface area (Å²) in [4.78, 5) is 6.84. The molecule has 1 saturated heterocycles. The smallest absolute Gasteiger partial charge is 0.318 e. The predicted molar refractivity (Wildman–Crippen MR) is 99.5 cm³/mol. The maximum Gasteiger partial charge on any atom is 0.318 e. The fourth-order valence-corrected chi connectivity index (χ4v) is 3.45. The van der Waals surface area contributed by atoms with Crippen LogP contribution in [0.1, 0.15) is 31.2 Å². The largest absolute Gasteiger partial charge is 0.407 e.